The van der Waals surface area contributed by atoms with Crippen molar-refractivity contribution in [2.45, 2.75) is 25.5 Å². The quantitative estimate of drug-likeness (QED) is 0.705. The summed E-state index contributed by atoms with van der Waals surface area (Å²) in [7, 11) is 0. The zero-order chi connectivity index (χ0) is 16.2. The first-order chi connectivity index (χ1) is 11.1. The van der Waals surface area contributed by atoms with E-state index in [1.54, 1.807) is 0 Å². The number of rotatable bonds is 5. The third kappa shape index (κ3) is 3.93. The third-order valence-electron chi connectivity index (χ3n) is 3.68. The monoisotopic (exact) mass is 325 g/mol. The molecule has 1 aromatic heterocycles. The molecule has 0 spiro atoms. The van der Waals surface area contributed by atoms with E-state index >= 15 is 0 Å². The number of carbonyl (C=O) groups is 1. The Balaban J connectivity index is 1.53. The molecule has 0 saturated carbocycles. The lowest BCUT2D eigenvalue weighted by Gasteiger charge is -2.08. The topological polar surface area (TPSA) is 57.8 Å². The predicted molar refractivity (Wildman–Crippen MR) is 94.6 cm³/mol. The average Bonchev–Trinajstić information content (AvgIpc) is 2.95. The summed E-state index contributed by atoms with van der Waals surface area (Å²) in [5.41, 5.74) is 5.50. The van der Waals surface area contributed by atoms with Crippen LogP contribution in [-0.4, -0.2) is 21.6 Å². The smallest absolute Gasteiger partial charge is 0.230 e. The Morgan fingerprint density at radius 3 is 2.83 bits per heavy atom. The van der Waals surface area contributed by atoms with Crippen molar-refractivity contribution in [1.29, 1.82) is 0 Å². The summed E-state index contributed by atoms with van der Waals surface area (Å²) in [6.45, 7) is 4.70. The van der Waals surface area contributed by atoms with Crippen LogP contribution in [0.3, 0.4) is 0 Å². The third-order valence-corrected chi connectivity index (χ3v) is 4.56. The van der Waals surface area contributed by atoms with Gasteiger partial charge in [-0.25, -0.2) is 4.98 Å². The van der Waals surface area contributed by atoms with Gasteiger partial charge in [-0.2, -0.15) is 0 Å². The van der Waals surface area contributed by atoms with Crippen LogP contribution in [0.4, 0.5) is 0 Å². The first-order valence-electron chi connectivity index (χ1n) is 7.52. The van der Waals surface area contributed by atoms with E-state index < -0.39 is 0 Å². The number of imidazole rings is 1. The molecule has 0 atom stereocenters. The van der Waals surface area contributed by atoms with Crippen molar-refractivity contribution in [1.82, 2.24) is 15.3 Å². The van der Waals surface area contributed by atoms with E-state index in [-0.39, 0.29) is 5.91 Å². The molecule has 2 aromatic carbocycles. The van der Waals surface area contributed by atoms with Crippen LogP contribution >= 0.6 is 11.8 Å². The van der Waals surface area contributed by atoms with Gasteiger partial charge < -0.3 is 10.3 Å². The summed E-state index contributed by atoms with van der Waals surface area (Å²) >= 11 is 1.42. The number of thioether (sulfide) groups is 1. The largest absolute Gasteiger partial charge is 0.351 e. The van der Waals surface area contributed by atoms with E-state index in [9.17, 15) is 4.79 Å². The lowest BCUT2D eigenvalue weighted by Crippen LogP contribution is -2.25. The molecule has 1 heterocycles. The van der Waals surface area contributed by atoms with E-state index in [0.717, 1.165) is 21.8 Å². The second-order valence-electron chi connectivity index (χ2n) is 5.55. The van der Waals surface area contributed by atoms with Crippen molar-refractivity contribution in [3.8, 4) is 0 Å². The van der Waals surface area contributed by atoms with Crippen LogP contribution in [0.15, 0.2) is 47.6 Å². The molecule has 1 amide bonds. The van der Waals surface area contributed by atoms with E-state index in [2.05, 4.69) is 47.3 Å². The molecule has 0 fully saturated rings. The number of nitrogens with one attached hydrogen (secondary N) is 2. The first-order valence-corrected chi connectivity index (χ1v) is 8.51. The average molecular weight is 325 g/mol. The fourth-order valence-electron chi connectivity index (χ4n) is 2.42. The van der Waals surface area contributed by atoms with Gasteiger partial charge in [-0.1, -0.05) is 47.7 Å². The number of benzene rings is 2. The van der Waals surface area contributed by atoms with Gasteiger partial charge in [-0.3, -0.25) is 4.79 Å². The molecule has 3 aromatic rings. The Morgan fingerprint density at radius 1 is 1.22 bits per heavy atom. The van der Waals surface area contributed by atoms with Crippen molar-refractivity contribution >= 4 is 28.7 Å². The van der Waals surface area contributed by atoms with Gasteiger partial charge in [-0.15, -0.1) is 0 Å². The maximum absolute atomic E-state index is 12.0. The van der Waals surface area contributed by atoms with E-state index in [0.29, 0.717) is 12.3 Å². The number of hydrogen-bond donors (Lipinski definition) is 2. The number of aromatic amines is 1. The zero-order valence-electron chi connectivity index (χ0n) is 13.2. The molecular formula is C18H19N3OS. The maximum atomic E-state index is 12.0. The van der Waals surface area contributed by atoms with Crippen LogP contribution < -0.4 is 5.32 Å². The highest BCUT2D eigenvalue weighted by Crippen LogP contribution is 2.19. The molecule has 0 aliphatic rings. The number of amides is 1. The summed E-state index contributed by atoms with van der Waals surface area (Å²) in [4.78, 5) is 19.7. The lowest BCUT2D eigenvalue weighted by atomic mass is 10.1. The zero-order valence-corrected chi connectivity index (χ0v) is 14.0. The summed E-state index contributed by atoms with van der Waals surface area (Å²) < 4.78 is 0. The summed E-state index contributed by atoms with van der Waals surface area (Å²) in [5, 5.41) is 3.73. The Hall–Kier alpha value is -2.27. The number of para-hydroxylation sites is 2. The minimum absolute atomic E-state index is 0.00966. The van der Waals surface area contributed by atoms with Crippen LogP contribution in [0, 0.1) is 13.8 Å². The summed E-state index contributed by atoms with van der Waals surface area (Å²) in [6, 6.07) is 14.1. The van der Waals surface area contributed by atoms with Crippen molar-refractivity contribution in [3.05, 3.63) is 59.2 Å². The summed E-state index contributed by atoms with van der Waals surface area (Å²) in [5.74, 6) is 0.362. The number of aryl methyl sites for hydroxylation is 2. The number of hydrogen-bond acceptors (Lipinski definition) is 3. The highest BCUT2D eigenvalue weighted by Gasteiger charge is 2.07. The van der Waals surface area contributed by atoms with Gasteiger partial charge in [0.05, 0.1) is 16.8 Å². The van der Waals surface area contributed by atoms with Gasteiger partial charge in [0.2, 0.25) is 5.91 Å². The van der Waals surface area contributed by atoms with Crippen molar-refractivity contribution in [3.63, 3.8) is 0 Å². The minimum atomic E-state index is 0.00966. The van der Waals surface area contributed by atoms with E-state index in [4.69, 9.17) is 0 Å². The highest BCUT2D eigenvalue weighted by atomic mass is 32.2. The SMILES string of the molecule is Cc1ccc(CNC(=O)CSc2nc3ccccc3[nH]2)c(C)c1. The molecule has 2 N–H and O–H groups in total. The van der Waals surface area contributed by atoms with Crippen LogP contribution in [0.2, 0.25) is 0 Å². The lowest BCUT2D eigenvalue weighted by molar-refractivity contribution is -0.118. The standard InChI is InChI=1S/C18H19N3OS/c1-12-7-8-14(13(2)9-12)10-19-17(22)11-23-18-20-15-5-3-4-6-16(15)21-18/h3-9H,10-11H2,1-2H3,(H,19,22)(H,20,21). The number of carbonyl (C=O) groups excluding carboxylic acids is 1. The molecule has 0 bridgehead atoms. The molecule has 0 unspecified atom stereocenters. The molecule has 4 nitrogen and oxygen atoms in total. The molecule has 0 aliphatic heterocycles. The number of fused-ring (bicyclic) bond motifs is 1. The van der Waals surface area contributed by atoms with Gasteiger partial charge in [0.15, 0.2) is 5.16 Å². The van der Waals surface area contributed by atoms with Crippen molar-refractivity contribution < 1.29 is 4.79 Å². The van der Waals surface area contributed by atoms with Crippen molar-refractivity contribution in [2.75, 3.05) is 5.75 Å². The van der Waals surface area contributed by atoms with Gasteiger partial charge in [-0.05, 0) is 37.1 Å². The normalized spacial score (nSPS) is 10.9. The molecule has 0 aliphatic carbocycles. The van der Waals surface area contributed by atoms with Gasteiger partial charge >= 0.3 is 0 Å². The number of nitrogens with zero attached hydrogens (tertiary/aromatic N) is 1. The first kappa shape index (κ1) is 15.6. The van der Waals surface area contributed by atoms with Crippen LogP contribution in [0.1, 0.15) is 16.7 Å². The Kier molecular flexibility index (Phi) is 4.67. The molecule has 3 rings (SSSR count). The molecule has 0 saturated heterocycles. The van der Waals surface area contributed by atoms with Crippen LogP contribution in [-0.2, 0) is 11.3 Å². The summed E-state index contributed by atoms with van der Waals surface area (Å²) in [6.07, 6.45) is 0. The van der Waals surface area contributed by atoms with Crippen molar-refractivity contribution in [2.24, 2.45) is 0 Å². The number of aromatic nitrogens is 2. The minimum Gasteiger partial charge on any atom is -0.351 e. The van der Waals surface area contributed by atoms with Gasteiger partial charge in [0.25, 0.3) is 0 Å². The highest BCUT2D eigenvalue weighted by molar-refractivity contribution is 7.99. The molecule has 118 valence electrons. The Labute approximate surface area is 139 Å². The molecular weight excluding hydrogens is 306 g/mol. The molecule has 0 radical (unpaired) electrons. The van der Waals surface area contributed by atoms with E-state index in [1.807, 2.05) is 24.3 Å². The van der Waals surface area contributed by atoms with Crippen LogP contribution in [0.25, 0.3) is 11.0 Å². The Bertz CT molecular complexity index is 808. The maximum Gasteiger partial charge on any atom is 0.230 e. The predicted octanol–water partition coefficient (Wildman–Crippen LogP) is 3.59. The second-order valence-corrected chi connectivity index (χ2v) is 6.52. The second kappa shape index (κ2) is 6.87. The molecule has 5 heteroatoms. The molecule has 23 heavy (non-hydrogen) atoms. The number of H-pyrrole nitrogens is 1. The van der Waals surface area contributed by atoms with Gasteiger partial charge in [0.1, 0.15) is 0 Å². The fraction of sp³-hybridized carbons (Fsp3) is 0.222. The van der Waals surface area contributed by atoms with E-state index in [1.165, 1.54) is 22.9 Å². The van der Waals surface area contributed by atoms with Crippen LogP contribution in [0.5, 0.6) is 0 Å². The Morgan fingerprint density at radius 2 is 2.04 bits per heavy atom. The fourth-order valence-corrected chi connectivity index (χ4v) is 3.14. The van der Waals surface area contributed by atoms with Gasteiger partial charge in [0, 0.05) is 6.54 Å².